The summed E-state index contributed by atoms with van der Waals surface area (Å²) in [6, 6.07) is 6.11. The van der Waals surface area contributed by atoms with Crippen molar-refractivity contribution in [3.63, 3.8) is 0 Å². The molecule has 1 aromatic heterocycles. The van der Waals surface area contributed by atoms with Crippen LogP contribution in [0.2, 0.25) is 0 Å². The summed E-state index contributed by atoms with van der Waals surface area (Å²) < 4.78 is 4.95. The van der Waals surface area contributed by atoms with E-state index in [2.05, 4.69) is 10.1 Å². The molecule has 7 nitrogen and oxygen atoms in total. The van der Waals surface area contributed by atoms with Crippen molar-refractivity contribution < 1.29 is 19.2 Å². The predicted molar refractivity (Wildman–Crippen MR) is 74.2 cm³/mol. The number of carbonyl (C=O) groups is 2. The Kier molecular flexibility index (Phi) is 4.32. The van der Waals surface area contributed by atoms with Crippen LogP contribution in [-0.2, 0) is 11.2 Å². The molecule has 0 fully saturated rings. The van der Waals surface area contributed by atoms with Gasteiger partial charge in [-0.2, -0.15) is 4.98 Å². The molecule has 0 bridgehead atoms. The van der Waals surface area contributed by atoms with Gasteiger partial charge in [-0.1, -0.05) is 5.16 Å². The van der Waals surface area contributed by atoms with Crippen LogP contribution >= 0.6 is 0 Å². The molecule has 0 aliphatic heterocycles. The maximum atomic E-state index is 12.1. The second-order valence-corrected chi connectivity index (χ2v) is 4.54. The molecule has 7 heteroatoms. The highest BCUT2D eigenvalue weighted by Crippen LogP contribution is 2.15. The molecule has 0 spiro atoms. The van der Waals surface area contributed by atoms with Gasteiger partial charge in [0.15, 0.2) is 5.82 Å². The van der Waals surface area contributed by atoms with Crippen molar-refractivity contribution in [3.05, 3.63) is 41.5 Å². The fourth-order valence-electron chi connectivity index (χ4n) is 1.79. The molecule has 0 radical (unpaired) electrons. The lowest BCUT2D eigenvalue weighted by Gasteiger charge is -2.17. The summed E-state index contributed by atoms with van der Waals surface area (Å²) in [6.45, 7) is 1.71. The highest BCUT2D eigenvalue weighted by Gasteiger charge is 2.13. The van der Waals surface area contributed by atoms with E-state index in [1.54, 1.807) is 26.1 Å². The number of aromatic carboxylic acids is 1. The van der Waals surface area contributed by atoms with E-state index in [4.69, 9.17) is 9.63 Å². The zero-order valence-electron chi connectivity index (χ0n) is 11.7. The number of rotatable bonds is 5. The number of nitrogens with zero attached hydrogens (tertiary/aromatic N) is 3. The lowest BCUT2D eigenvalue weighted by Crippen LogP contribution is -2.26. The minimum atomic E-state index is -0.998. The molecule has 1 aromatic carbocycles. The van der Waals surface area contributed by atoms with Crippen molar-refractivity contribution in [1.82, 2.24) is 10.1 Å². The first-order chi connectivity index (χ1) is 9.97. The van der Waals surface area contributed by atoms with Crippen LogP contribution in [0.5, 0.6) is 0 Å². The molecule has 2 aromatic rings. The molecule has 1 heterocycles. The molecule has 0 unspecified atom stereocenters. The number of benzene rings is 1. The lowest BCUT2D eigenvalue weighted by atomic mass is 10.2. The summed E-state index contributed by atoms with van der Waals surface area (Å²) in [4.78, 5) is 28.3. The van der Waals surface area contributed by atoms with Crippen molar-refractivity contribution in [2.75, 3.05) is 11.9 Å². The van der Waals surface area contributed by atoms with Gasteiger partial charge in [-0.3, -0.25) is 4.79 Å². The topological polar surface area (TPSA) is 96.5 Å². The number of amides is 1. The maximum absolute atomic E-state index is 12.1. The molecule has 110 valence electrons. The number of hydrogen-bond acceptors (Lipinski definition) is 5. The number of carbonyl (C=O) groups excluding carboxylic acids is 1. The average molecular weight is 289 g/mol. The quantitative estimate of drug-likeness (QED) is 0.899. The SMILES string of the molecule is Cc1noc(CCC(=O)N(C)c2ccc(C(=O)O)cc2)n1. The van der Waals surface area contributed by atoms with E-state index in [1.807, 2.05) is 0 Å². The van der Waals surface area contributed by atoms with Crippen molar-refractivity contribution in [2.45, 2.75) is 19.8 Å². The van der Waals surface area contributed by atoms with Crippen LogP contribution in [0.3, 0.4) is 0 Å². The number of hydrogen-bond donors (Lipinski definition) is 1. The fourth-order valence-corrected chi connectivity index (χ4v) is 1.79. The molecule has 0 saturated carbocycles. The number of carboxylic acids is 1. The van der Waals surface area contributed by atoms with E-state index < -0.39 is 5.97 Å². The van der Waals surface area contributed by atoms with Crippen LogP contribution < -0.4 is 4.90 Å². The second kappa shape index (κ2) is 6.17. The van der Waals surface area contributed by atoms with Crippen LogP contribution in [0.1, 0.15) is 28.5 Å². The Hall–Kier alpha value is -2.70. The molecule has 2 rings (SSSR count). The van der Waals surface area contributed by atoms with Gasteiger partial charge in [0.05, 0.1) is 5.56 Å². The van der Waals surface area contributed by atoms with Gasteiger partial charge in [0.2, 0.25) is 11.8 Å². The number of anilines is 1. The van der Waals surface area contributed by atoms with Gasteiger partial charge in [0, 0.05) is 25.6 Å². The van der Waals surface area contributed by atoms with E-state index in [1.165, 1.54) is 17.0 Å². The molecule has 0 saturated heterocycles. The summed E-state index contributed by atoms with van der Waals surface area (Å²) in [5.41, 5.74) is 0.813. The van der Waals surface area contributed by atoms with Gasteiger partial charge >= 0.3 is 5.97 Å². The summed E-state index contributed by atoms with van der Waals surface area (Å²) in [6.07, 6.45) is 0.607. The monoisotopic (exact) mass is 289 g/mol. The highest BCUT2D eigenvalue weighted by molar-refractivity contribution is 5.94. The summed E-state index contributed by atoms with van der Waals surface area (Å²) in [5, 5.41) is 12.5. The zero-order chi connectivity index (χ0) is 15.4. The third-order valence-electron chi connectivity index (χ3n) is 3.00. The minimum absolute atomic E-state index is 0.117. The molecule has 0 aliphatic rings. The van der Waals surface area contributed by atoms with Crippen molar-refractivity contribution in [1.29, 1.82) is 0 Å². The molecule has 1 amide bonds. The first-order valence-electron chi connectivity index (χ1n) is 6.36. The van der Waals surface area contributed by atoms with Crippen molar-refractivity contribution in [3.8, 4) is 0 Å². The maximum Gasteiger partial charge on any atom is 0.335 e. The number of carboxylic acid groups (broad SMARTS) is 1. The second-order valence-electron chi connectivity index (χ2n) is 4.54. The van der Waals surface area contributed by atoms with Crippen LogP contribution in [0.25, 0.3) is 0 Å². The molecule has 21 heavy (non-hydrogen) atoms. The summed E-state index contributed by atoms with van der Waals surface area (Å²) in [5.74, 6) is -0.151. The summed E-state index contributed by atoms with van der Waals surface area (Å²) in [7, 11) is 1.64. The van der Waals surface area contributed by atoms with Gasteiger partial charge in [-0.25, -0.2) is 4.79 Å². The van der Waals surface area contributed by atoms with Gasteiger partial charge in [0.1, 0.15) is 0 Å². The standard InChI is InChI=1S/C14H15N3O4/c1-9-15-12(21-16-9)7-8-13(18)17(2)11-5-3-10(4-6-11)14(19)20/h3-6H,7-8H2,1-2H3,(H,19,20). The third-order valence-corrected chi connectivity index (χ3v) is 3.00. The van der Waals surface area contributed by atoms with E-state index in [0.717, 1.165) is 0 Å². The largest absolute Gasteiger partial charge is 0.478 e. The number of aromatic nitrogens is 2. The van der Waals surface area contributed by atoms with Crippen LogP contribution in [-0.4, -0.2) is 34.2 Å². The lowest BCUT2D eigenvalue weighted by molar-refractivity contribution is -0.118. The molecule has 0 aliphatic carbocycles. The van der Waals surface area contributed by atoms with E-state index in [-0.39, 0.29) is 17.9 Å². The molecule has 0 atom stereocenters. The minimum Gasteiger partial charge on any atom is -0.478 e. The fraction of sp³-hybridized carbons (Fsp3) is 0.286. The normalized spacial score (nSPS) is 10.4. The van der Waals surface area contributed by atoms with Crippen LogP contribution in [0.15, 0.2) is 28.8 Å². The third kappa shape index (κ3) is 3.65. The Morgan fingerprint density at radius 3 is 2.48 bits per heavy atom. The Balaban J connectivity index is 1.96. The van der Waals surface area contributed by atoms with Gasteiger partial charge in [0.25, 0.3) is 0 Å². The Bertz CT molecular complexity index is 648. The van der Waals surface area contributed by atoms with Gasteiger partial charge in [-0.15, -0.1) is 0 Å². The Morgan fingerprint density at radius 1 is 1.29 bits per heavy atom. The highest BCUT2D eigenvalue weighted by atomic mass is 16.5. The van der Waals surface area contributed by atoms with Gasteiger partial charge < -0.3 is 14.5 Å². The Morgan fingerprint density at radius 2 is 1.95 bits per heavy atom. The first-order valence-corrected chi connectivity index (χ1v) is 6.36. The molecular weight excluding hydrogens is 274 g/mol. The molecule has 1 N–H and O–H groups in total. The van der Waals surface area contributed by atoms with E-state index >= 15 is 0 Å². The van der Waals surface area contributed by atoms with Gasteiger partial charge in [-0.05, 0) is 31.2 Å². The predicted octanol–water partition coefficient (Wildman–Crippen LogP) is 1.67. The van der Waals surface area contributed by atoms with Crippen molar-refractivity contribution in [2.24, 2.45) is 0 Å². The molecular formula is C14H15N3O4. The average Bonchev–Trinajstić information content (AvgIpc) is 2.89. The summed E-state index contributed by atoms with van der Waals surface area (Å²) >= 11 is 0. The Labute approximate surface area is 121 Å². The van der Waals surface area contributed by atoms with Crippen molar-refractivity contribution >= 4 is 17.6 Å². The van der Waals surface area contributed by atoms with E-state index in [9.17, 15) is 9.59 Å². The first kappa shape index (κ1) is 14.7. The zero-order valence-corrected chi connectivity index (χ0v) is 11.7. The smallest absolute Gasteiger partial charge is 0.335 e. The van der Waals surface area contributed by atoms with Crippen LogP contribution in [0, 0.1) is 6.92 Å². The van der Waals surface area contributed by atoms with E-state index in [0.29, 0.717) is 23.8 Å². The van der Waals surface area contributed by atoms with Crippen LogP contribution in [0.4, 0.5) is 5.69 Å². The number of aryl methyl sites for hydroxylation is 2.